The molecule has 0 saturated heterocycles. The van der Waals surface area contributed by atoms with Gasteiger partial charge in [0.15, 0.2) is 0 Å². The van der Waals surface area contributed by atoms with Gasteiger partial charge in [0.05, 0.1) is 17.4 Å². The quantitative estimate of drug-likeness (QED) is 0.262. The average molecular weight is 456 g/mol. The van der Waals surface area contributed by atoms with Crippen molar-refractivity contribution in [1.29, 1.82) is 0 Å². The van der Waals surface area contributed by atoms with E-state index in [1.165, 1.54) is 6.20 Å². The Morgan fingerprint density at radius 1 is 0.912 bits per heavy atom. The van der Waals surface area contributed by atoms with Gasteiger partial charge < -0.3 is 16.0 Å². The van der Waals surface area contributed by atoms with Gasteiger partial charge in [-0.15, -0.1) is 0 Å². The number of carbonyl (C=O) groups excluding carboxylic acids is 1. The molecule has 34 heavy (non-hydrogen) atoms. The van der Waals surface area contributed by atoms with Crippen LogP contribution in [-0.4, -0.2) is 21.5 Å². The summed E-state index contributed by atoms with van der Waals surface area (Å²) in [6.45, 7) is 3.78. The monoisotopic (exact) mass is 455 g/mol. The van der Waals surface area contributed by atoms with Gasteiger partial charge in [-0.3, -0.25) is 24.4 Å². The van der Waals surface area contributed by atoms with Crippen LogP contribution in [0, 0.1) is 5.92 Å². The van der Waals surface area contributed by atoms with E-state index in [4.69, 9.17) is 0 Å². The normalized spacial score (nSPS) is 13.6. The summed E-state index contributed by atoms with van der Waals surface area (Å²) < 4.78 is 0. The summed E-state index contributed by atoms with van der Waals surface area (Å²) in [4.78, 5) is 45.9. The van der Waals surface area contributed by atoms with E-state index >= 15 is 0 Å². The smallest absolute Gasteiger partial charge is 0.254 e. The number of hydrogen-bond donors (Lipinski definition) is 3. The van der Waals surface area contributed by atoms with Crippen molar-refractivity contribution in [3.8, 4) is 0 Å². The molecule has 2 atom stereocenters. The van der Waals surface area contributed by atoms with Crippen molar-refractivity contribution in [3.05, 3.63) is 111 Å². The van der Waals surface area contributed by atoms with Crippen molar-refractivity contribution in [2.24, 2.45) is 5.92 Å². The molecule has 3 N–H and O–H groups in total. The number of nitrogens with zero attached hydrogens (tertiary/aromatic N) is 2. The van der Waals surface area contributed by atoms with Crippen LogP contribution in [0.4, 0.5) is 17.1 Å². The molecular formula is C26H25N5O3. The molecule has 172 valence electrons. The molecule has 0 saturated carbocycles. The Balaban J connectivity index is 1.64. The molecule has 0 radical (unpaired) electrons. The van der Waals surface area contributed by atoms with E-state index in [-0.39, 0.29) is 23.2 Å². The number of pyridine rings is 2. The highest BCUT2D eigenvalue weighted by atomic mass is 16.2. The molecule has 0 bridgehead atoms. The first kappa shape index (κ1) is 22.8. The molecule has 4 rings (SSSR count). The number of carbonyl (C=O) groups is 1. The van der Waals surface area contributed by atoms with E-state index in [0.29, 0.717) is 17.7 Å². The van der Waals surface area contributed by atoms with Crippen LogP contribution in [0.3, 0.4) is 0 Å². The van der Waals surface area contributed by atoms with Crippen LogP contribution in [-0.2, 0) is 6.42 Å². The Hall–Kier alpha value is -4.33. The average Bonchev–Trinajstić information content (AvgIpc) is 2.87. The molecule has 0 aliphatic carbocycles. The minimum absolute atomic E-state index is 0.128. The minimum atomic E-state index is -1.06. The lowest BCUT2D eigenvalue weighted by Gasteiger charge is -2.39. The van der Waals surface area contributed by atoms with Crippen molar-refractivity contribution >= 4 is 23.0 Å². The molecule has 0 aliphatic heterocycles. The highest BCUT2D eigenvalue weighted by Crippen LogP contribution is 2.28. The maximum atomic E-state index is 13.0. The molecule has 1 amide bonds. The summed E-state index contributed by atoms with van der Waals surface area (Å²) in [5.74, 6) is -0.505. The molecule has 2 aromatic heterocycles. The van der Waals surface area contributed by atoms with Crippen molar-refractivity contribution in [2.75, 3.05) is 10.6 Å². The van der Waals surface area contributed by atoms with Crippen molar-refractivity contribution in [1.82, 2.24) is 15.3 Å². The standard InChI is InChI=1S/C26H25N5O3/c1-17(14-18-8-4-3-5-9-18)26(2,31-25(34)19-10-6-12-27-15-19)30-22-21(23(32)24(22)33)29-20-11-7-13-28-16-20/h3-13,15-17,29-30H,14H2,1-2H3,(H,31,34). The van der Waals surface area contributed by atoms with Crippen molar-refractivity contribution < 1.29 is 4.79 Å². The predicted octanol–water partition coefficient (Wildman–Crippen LogP) is 3.25. The van der Waals surface area contributed by atoms with E-state index in [9.17, 15) is 14.4 Å². The first-order valence-electron chi connectivity index (χ1n) is 10.9. The maximum absolute atomic E-state index is 13.0. The minimum Gasteiger partial charge on any atom is -0.358 e. The van der Waals surface area contributed by atoms with Gasteiger partial charge in [0, 0.05) is 24.5 Å². The van der Waals surface area contributed by atoms with Crippen molar-refractivity contribution in [2.45, 2.75) is 25.9 Å². The Morgan fingerprint density at radius 2 is 1.59 bits per heavy atom. The van der Waals surface area contributed by atoms with E-state index in [1.54, 1.807) is 49.8 Å². The topological polar surface area (TPSA) is 113 Å². The summed E-state index contributed by atoms with van der Waals surface area (Å²) in [6, 6.07) is 16.7. The van der Waals surface area contributed by atoms with Gasteiger partial charge >= 0.3 is 0 Å². The Kier molecular flexibility index (Phi) is 6.49. The Bertz CT molecular complexity index is 1340. The molecule has 2 aromatic carbocycles. The predicted molar refractivity (Wildman–Crippen MR) is 132 cm³/mol. The van der Waals surface area contributed by atoms with Gasteiger partial charge in [-0.1, -0.05) is 37.3 Å². The number of hydrogen-bond acceptors (Lipinski definition) is 7. The third-order valence-corrected chi connectivity index (χ3v) is 5.89. The molecule has 2 unspecified atom stereocenters. The van der Waals surface area contributed by atoms with E-state index < -0.39 is 16.5 Å². The zero-order chi connectivity index (χ0) is 24.1. The molecule has 8 heteroatoms. The lowest BCUT2D eigenvalue weighted by Crippen LogP contribution is -2.59. The number of rotatable bonds is 9. The van der Waals surface area contributed by atoms with Crippen LogP contribution in [0.25, 0.3) is 0 Å². The molecule has 0 fully saturated rings. The Morgan fingerprint density at radius 3 is 2.24 bits per heavy atom. The Labute approximate surface area is 196 Å². The van der Waals surface area contributed by atoms with Crippen LogP contribution in [0.15, 0.2) is 89.0 Å². The third kappa shape index (κ3) is 4.85. The second-order valence-electron chi connectivity index (χ2n) is 8.39. The fourth-order valence-electron chi connectivity index (χ4n) is 3.73. The molecule has 2 heterocycles. The molecule has 8 nitrogen and oxygen atoms in total. The highest BCUT2D eigenvalue weighted by Gasteiger charge is 2.36. The number of aromatic nitrogens is 2. The fourth-order valence-corrected chi connectivity index (χ4v) is 3.73. The van der Waals surface area contributed by atoms with Crippen LogP contribution in [0.1, 0.15) is 29.8 Å². The number of nitrogens with one attached hydrogen (secondary N) is 3. The van der Waals surface area contributed by atoms with Gasteiger partial charge in [0.1, 0.15) is 17.0 Å². The number of benzene rings is 1. The molecule has 0 spiro atoms. The van der Waals surface area contributed by atoms with Gasteiger partial charge in [0.25, 0.3) is 16.8 Å². The third-order valence-electron chi connectivity index (χ3n) is 5.89. The lowest BCUT2D eigenvalue weighted by molar-refractivity contribution is 0.0890. The summed E-state index contributed by atoms with van der Waals surface area (Å²) in [6.07, 6.45) is 6.86. The van der Waals surface area contributed by atoms with Gasteiger partial charge in [-0.2, -0.15) is 0 Å². The number of anilines is 3. The van der Waals surface area contributed by atoms with Crippen molar-refractivity contribution in [3.63, 3.8) is 0 Å². The van der Waals surface area contributed by atoms with E-state index in [2.05, 4.69) is 25.9 Å². The zero-order valence-corrected chi connectivity index (χ0v) is 18.9. The van der Waals surface area contributed by atoms with Crippen LogP contribution < -0.4 is 26.8 Å². The fraction of sp³-hybridized carbons (Fsp3) is 0.192. The molecule has 0 aliphatic rings. The second kappa shape index (κ2) is 9.66. The summed E-state index contributed by atoms with van der Waals surface area (Å²) in [5, 5.41) is 9.16. The molecular weight excluding hydrogens is 430 g/mol. The van der Waals surface area contributed by atoms with E-state index in [1.807, 2.05) is 37.3 Å². The summed E-state index contributed by atoms with van der Waals surface area (Å²) in [5.41, 5.74) is 0.00306. The molecule has 4 aromatic rings. The SMILES string of the molecule is CC(Cc1ccccc1)C(C)(NC(=O)c1cccnc1)Nc1c(Nc2cccnc2)c(=O)c1=O. The van der Waals surface area contributed by atoms with Gasteiger partial charge in [-0.05, 0) is 43.2 Å². The largest absolute Gasteiger partial charge is 0.358 e. The highest BCUT2D eigenvalue weighted by molar-refractivity contribution is 5.94. The summed E-state index contributed by atoms with van der Waals surface area (Å²) >= 11 is 0. The first-order chi connectivity index (χ1) is 16.4. The van der Waals surface area contributed by atoms with Crippen LogP contribution >= 0.6 is 0 Å². The van der Waals surface area contributed by atoms with Crippen LogP contribution in [0.5, 0.6) is 0 Å². The second-order valence-corrected chi connectivity index (χ2v) is 8.39. The lowest BCUT2D eigenvalue weighted by atomic mass is 9.88. The van der Waals surface area contributed by atoms with Crippen LogP contribution in [0.2, 0.25) is 0 Å². The first-order valence-corrected chi connectivity index (χ1v) is 10.9. The maximum Gasteiger partial charge on any atom is 0.254 e. The van der Waals surface area contributed by atoms with Gasteiger partial charge in [-0.25, -0.2) is 0 Å². The zero-order valence-electron chi connectivity index (χ0n) is 18.9. The van der Waals surface area contributed by atoms with E-state index in [0.717, 1.165) is 5.56 Å². The number of amides is 1. The van der Waals surface area contributed by atoms with Gasteiger partial charge in [0.2, 0.25) is 0 Å². The summed E-state index contributed by atoms with van der Waals surface area (Å²) in [7, 11) is 0.